The van der Waals surface area contributed by atoms with E-state index in [9.17, 15) is 9.59 Å². The minimum absolute atomic E-state index is 0.0369. The van der Waals surface area contributed by atoms with E-state index in [4.69, 9.17) is 4.74 Å². The van der Waals surface area contributed by atoms with Crippen LogP contribution in [0.25, 0.3) is 0 Å². The highest BCUT2D eigenvalue weighted by Gasteiger charge is 2.37. The lowest BCUT2D eigenvalue weighted by Crippen LogP contribution is -2.59. The summed E-state index contributed by atoms with van der Waals surface area (Å²) in [5.74, 6) is -0.470. The van der Waals surface area contributed by atoms with Gasteiger partial charge in [0.25, 0.3) is 5.91 Å². The van der Waals surface area contributed by atoms with Crippen LogP contribution in [0, 0.1) is 13.8 Å². The van der Waals surface area contributed by atoms with Crippen molar-refractivity contribution in [2.45, 2.75) is 54.0 Å². The van der Waals surface area contributed by atoms with Crippen LogP contribution in [-0.2, 0) is 9.53 Å². The summed E-state index contributed by atoms with van der Waals surface area (Å²) in [7, 11) is 1.35. The van der Waals surface area contributed by atoms with Gasteiger partial charge in [-0.05, 0) is 51.8 Å². The quantitative estimate of drug-likeness (QED) is 0.575. The maximum absolute atomic E-state index is 13.1. The SMILES string of the molecule is CCC(C(=O)Nc1c(C)cc(C)cc1C(=O)OC)[N+](CC)(CC)CC. The number of rotatable bonds is 8. The molecule has 140 valence electrons. The second-order valence-corrected chi connectivity index (χ2v) is 6.58. The molecule has 0 bridgehead atoms. The van der Waals surface area contributed by atoms with E-state index in [0.29, 0.717) is 11.3 Å². The molecule has 1 atom stereocenters. The Morgan fingerprint density at radius 2 is 1.64 bits per heavy atom. The highest BCUT2D eigenvalue weighted by atomic mass is 16.5. The Kier molecular flexibility index (Phi) is 7.61. The highest BCUT2D eigenvalue weighted by Crippen LogP contribution is 2.26. The topological polar surface area (TPSA) is 55.4 Å². The lowest BCUT2D eigenvalue weighted by Gasteiger charge is -2.41. The molecule has 0 aliphatic heterocycles. The first-order chi connectivity index (χ1) is 11.8. The van der Waals surface area contributed by atoms with Gasteiger partial charge in [-0.3, -0.25) is 4.79 Å². The van der Waals surface area contributed by atoms with Crippen LogP contribution in [0.5, 0.6) is 0 Å². The van der Waals surface area contributed by atoms with Crippen LogP contribution in [-0.4, -0.2) is 49.1 Å². The molecule has 25 heavy (non-hydrogen) atoms. The van der Waals surface area contributed by atoms with E-state index in [0.717, 1.165) is 41.7 Å². The summed E-state index contributed by atoms with van der Waals surface area (Å²) in [6.07, 6.45) is 0.750. The molecular formula is C20H33N2O3+. The smallest absolute Gasteiger partial charge is 0.339 e. The Bertz CT molecular complexity index is 613. The fraction of sp³-hybridized carbons (Fsp3) is 0.600. The summed E-state index contributed by atoms with van der Waals surface area (Å²) in [5.41, 5.74) is 2.79. The van der Waals surface area contributed by atoms with E-state index in [1.807, 2.05) is 26.8 Å². The summed E-state index contributed by atoms with van der Waals surface area (Å²) < 4.78 is 5.63. The normalized spacial score (nSPS) is 12.6. The minimum Gasteiger partial charge on any atom is -0.465 e. The molecule has 1 rings (SSSR count). The fourth-order valence-corrected chi connectivity index (χ4v) is 3.76. The first-order valence-corrected chi connectivity index (χ1v) is 9.16. The molecule has 1 amide bonds. The molecule has 0 aliphatic rings. The van der Waals surface area contributed by atoms with Crippen molar-refractivity contribution in [1.82, 2.24) is 0 Å². The number of amides is 1. The van der Waals surface area contributed by atoms with E-state index in [1.54, 1.807) is 6.07 Å². The second kappa shape index (κ2) is 8.99. The van der Waals surface area contributed by atoms with E-state index in [1.165, 1.54) is 7.11 Å². The third-order valence-electron chi connectivity index (χ3n) is 5.37. The number of esters is 1. The van der Waals surface area contributed by atoms with Crippen LogP contribution in [0.3, 0.4) is 0 Å². The number of nitrogens with one attached hydrogen (secondary N) is 1. The first kappa shape index (κ1) is 21.2. The number of anilines is 1. The summed E-state index contributed by atoms with van der Waals surface area (Å²) >= 11 is 0. The third kappa shape index (κ3) is 4.40. The number of ether oxygens (including phenoxy) is 1. The third-order valence-corrected chi connectivity index (χ3v) is 5.37. The van der Waals surface area contributed by atoms with Crippen LogP contribution >= 0.6 is 0 Å². The van der Waals surface area contributed by atoms with Gasteiger partial charge in [-0.1, -0.05) is 13.0 Å². The van der Waals surface area contributed by atoms with Gasteiger partial charge in [-0.2, -0.15) is 0 Å². The molecule has 5 heteroatoms. The van der Waals surface area contributed by atoms with Crippen molar-refractivity contribution in [3.8, 4) is 0 Å². The monoisotopic (exact) mass is 349 g/mol. The van der Waals surface area contributed by atoms with Gasteiger partial charge in [0.05, 0.1) is 38.0 Å². The fourth-order valence-electron chi connectivity index (χ4n) is 3.76. The molecule has 0 spiro atoms. The van der Waals surface area contributed by atoms with Crippen LogP contribution in [0.15, 0.2) is 12.1 Å². The predicted molar refractivity (Wildman–Crippen MR) is 102 cm³/mol. The highest BCUT2D eigenvalue weighted by molar-refractivity contribution is 6.03. The number of quaternary nitrogens is 1. The van der Waals surface area contributed by atoms with Gasteiger partial charge >= 0.3 is 5.97 Å². The van der Waals surface area contributed by atoms with Crippen molar-refractivity contribution in [2.75, 3.05) is 32.1 Å². The largest absolute Gasteiger partial charge is 0.465 e. The zero-order chi connectivity index (χ0) is 19.2. The second-order valence-electron chi connectivity index (χ2n) is 6.58. The number of nitrogens with zero attached hydrogens (tertiary/aromatic N) is 1. The number of likely N-dealkylation sites (N-methyl/N-ethyl adjacent to an activating group) is 1. The van der Waals surface area contributed by atoms with Crippen molar-refractivity contribution < 1.29 is 18.8 Å². The maximum Gasteiger partial charge on any atom is 0.339 e. The molecule has 1 unspecified atom stereocenters. The molecule has 1 N–H and O–H groups in total. The molecule has 1 aromatic carbocycles. The lowest BCUT2D eigenvalue weighted by molar-refractivity contribution is -0.938. The Morgan fingerprint density at radius 3 is 2.08 bits per heavy atom. The van der Waals surface area contributed by atoms with Crippen molar-refractivity contribution >= 4 is 17.6 Å². The van der Waals surface area contributed by atoms with Crippen molar-refractivity contribution in [3.05, 3.63) is 28.8 Å². The van der Waals surface area contributed by atoms with Gasteiger partial charge < -0.3 is 14.5 Å². The van der Waals surface area contributed by atoms with Crippen LogP contribution < -0.4 is 5.32 Å². The molecule has 0 aliphatic carbocycles. The van der Waals surface area contributed by atoms with Crippen LogP contribution in [0.1, 0.15) is 55.6 Å². The average Bonchev–Trinajstić information content (AvgIpc) is 2.60. The molecule has 0 saturated heterocycles. The molecule has 0 aromatic heterocycles. The number of carbonyl (C=O) groups is 2. The lowest BCUT2D eigenvalue weighted by atomic mass is 10.0. The summed E-state index contributed by atoms with van der Waals surface area (Å²) in [4.78, 5) is 25.2. The van der Waals surface area contributed by atoms with Gasteiger partial charge in [-0.25, -0.2) is 4.79 Å². The average molecular weight is 349 g/mol. The van der Waals surface area contributed by atoms with Crippen LogP contribution in [0.2, 0.25) is 0 Å². The zero-order valence-corrected chi connectivity index (χ0v) is 16.7. The maximum atomic E-state index is 13.1. The molecule has 0 heterocycles. The Hall–Kier alpha value is -1.88. The molecule has 1 aromatic rings. The standard InChI is InChI=1S/C20H32N2O3/c1-8-17(22(9-2,10-3)11-4)19(23)21-18-15(6)12-14(5)13-16(18)20(24)25-7/h12-13,17H,8-11H2,1-7H3/p+1. The van der Waals surface area contributed by atoms with E-state index in [2.05, 4.69) is 26.1 Å². The summed E-state index contributed by atoms with van der Waals surface area (Å²) in [5, 5.41) is 3.03. The molecular weight excluding hydrogens is 316 g/mol. The van der Waals surface area contributed by atoms with Crippen molar-refractivity contribution in [2.24, 2.45) is 0 Å². The first-order valence-electron chi connectivity index (χ1n) is 9.16. The number of benzene rings is 1. The number of carbonyl (C=O) groups excluding carboxylic acids is 2. The number of hydrogen-bond acceptors (Lipinski definition) is 3. The summed E-state index contributed by atoms with van der Waals surface area (Å²) in [6.45, 7) is 14.9. The van der Waals surface area contributed by atoms with Crippen molar-refractivity contribution in [1.29, 1.82) is 0 Å². The zero-order valence-electron chi connectivity index (χ0n) is 16.7. The minimum atomic E-state index is -0.433. The van der Waals surface area contributed by atoms with E-state index < -0.39 is 5.97 Å². The number of methoxy groups -OCH3 is 1. The Balaban J connectivity index is 3.28. The molecule has 5 nitrogen and oxygen atoms in total. The van der Waals surface area contributed by atoms with Crippen molar-refractivity contribution in [3.63, 3.8) is 0 Å². The van der Waals surface area contributed by atoms with E-state index in [-0.39, 0.29) is 11.9 Å². The van der Waals surface area contributed by atoms with Gasteiger partial charge in [0.2, 0.25) is 0 Å². The van der Waals surface area contributed by atoms with Gasteiger partial charge in [0.15, 0.2) is 6.04 Å². The van der Waals surface area contributed by atoms with E-state index >= 15 is 0 Å². The summed E-state index contributed by atoms with van der Waals surface area (Å²) in [6, 6.07) is 3.58. The number of hydrogen-bond donors (Lipinski definition) is 1. The Labute approximate surface area is 151 Å². The molecule has 0 fully saturated rings. The Morgan fingerprint density at radius 1 is 1.08 bits per heavy atom. The number of aryl methyl sites for hydroxylation is 2. The van der Waals surface area contributed by atoms with Gasteiger partial charge in [0.1, 0.15) is 0 Å². The molecule has 0 saturated carbocycles. The van der Waals surface area contributed by atoms with Gasteiger partial charge in [-0.15, -0.1) is 0 Å². The molecule has 0 radical (unpaired) electrons. The van der Waals surface area contributed by atoms with Gasteiger partial charge in [0, 0.05) is 6.42 Å². The van der Waals surface area contributed by atoms with Crippen LogP contribution in [0.4, 0.5) is 5.69 Å². The predicted octanol–water partition coefficient (Wildman–Crippen LogP) is 3.68.